The second kappa shape index (κ2) is 12.4. The van der Waals surface area contributed by atoms with Crippen LogP contribution in [-0.2, 0) is 0 Å². The van der Waals surface area contributed by atoms with Crippen molar-refractivity contribution in [2.24, 2.45) is 0 Å². The Morgan fingerprint density at radius 2 is 1.45 bits per heavy atom. The van der Waals surface area contributed by atoms with Crippen LogP contribution in [0.15, 0.2) is 78.9 Å². The molecular formula is C28H33ClN2O2. The Morgan fingerprint density at radius 3 is 2.06 bits per heavy atom. The molecule has 4 rings (SSSR count). The van der Waals surface area contributed by atoms with Crippen molar-refractivity contribution >= 4 is 23.6 Å². The summed E-state index contributed by atoms with van der Waals surface area (Å²) in [6.07, 6.45) is 0.906. The number of rotatable bonds is 8. The molecule has 0 aromatic heterocycles. The first kappa shape index (κ1) is 24.8. The summed E-state index contributed by atoms with van der Waals surface area (Å²) in [4.78, 5) is 2.43. The highest BCUT2D eigenvalue weighted by atomic mass is 35.5. The van der Waals surface area contributed by atoms with Crippen molar-refractivity contribution in [1.82, 2.24) is 10.2 Å². The van der Waals surface area contributed by atoms with Gasteiger partial charge in [-0.1, -0.05) is 61.5 Å². The number of ether oxygens (including phenoxy) is 1. The lowest BCUT2D eigenvalue weighted by atomic mass is 9.88. The summed E-state index contributed by atoms with van der Waals surface area (Å²) >= 11 is 0. The Balaban J connectivity index is 0.00000306. The molecule has 0 amide bonds. The third-order valence-corrected chi connectivity index (χ3v) is 5.96. The van der Waals surface area contributed by atoms with Gasteiger partial charge in [0.25, 0.3) is 0 Å². The van der Waals surface area contributed by atoms with Crippen LogP contribution in [0.1, 0.15) is 30.0 Å². The zero-order chi connectivity index (χ0) is 22.2. The van der Waals surface area contributed by atoms with Crippen LogP contribution in [-0.4, -0.2) is 49.3 Å². The summed E-state index contributed by atoms with van der Waals surface area (Å²) in [5.41, 5.74) is 5.92. The highest BCUT2D eigenvalue weighted by molar-refractivity contribution is 5.98. The molecule has 1 saturated heterocycles. The van der Waals surface area contributed by atoms with E-state index in [4.69, 9.17) is 4.74 Å². The molecule has 0 saturated carbocycles. The lowest BCUT2D eigenvalue weighted by molar-refractivity contribution is 0.191. The van der Waals surface area contributed by atoms with Crippen molar-refractivity contribution in [3.05, 3.63) is 95.6 Å². The Bertz CT molecular complexity index is 1010. The molecule has 1 aliphatic rings. The van der Waals surface area contributed by atoms with Gasteiger partial charge in [0, 0.05) is 32.7 Å². The molecule has 4 nitrogen and oxygen atoms in total. The van der Waals surface area contributed by atoms with E-state index >= 15 is 0 Å². The number of halogens is 1. The molecule has 1 aliphatic heterocycles. The van der Waals surface area contributed by atoms with Gasteiger partial charge in [-0.05, 0) is 58.5 Å². The predicted octanol–water partition coefficient (Wildman–Crippen LogP) is 5.47. The topological polar surface area (TPSA) is 44.7 Å². The van der Waals surface area contributed by atoms with Crippen LogP contribution < -0.4 is 10.1 Å². The fourth-order valence-electron chi connectivity index (χ4n) is 4.25. The molecule has 0 bridgehead atoms. The number of benzene rings is 3. The smallest absolute Gasteiger partial charge is 0.119 e. The fourth-order valence-corrected chi connectivity index (χ4v) is 4.25. The molecule has 2 N–H and O–H groups in total. The van der Waals surface area contributed by atoms with Crippen LogP contribution in [0.25, 0.3) is 11.1 Å². The number of piperazine rings is 1. The maximum Gasteiger partial charge on any atom is 0.119 e. The first-order valence-electron chi connectivity index (χ1n) is 11.5. The standard InChI is InChI=1S/C28H32N2O2.ClH/c1-2-27(22-6-4-3-5-7-22)28(23-8-12-25(31)13-9-23)24-10-14-26(15-11-24)32-21-20-30-18-16-29-17-19-30;/h3-15,29,31H,2,16-21H2,1H3;1H. The van der Waals surface area contributed by atoms with E-state index in [1.165, 1.54) is 16.7 Å². The Labute approximate surface area is 203 Å². The van der Waals surface area contributed by atoms with Gasteiger partial charge in [0.05, 0.1) is 0 Å². The summed E-state index contributed by atoms with van der Waals surface area (Å²) in [6.45, 7) is 8.13. The molecule has 0 atom stereocenters. The van der Waals surface area contributed by atoms with Crippen molar-refractivity contribution in [2.75, 3.05) is 39.3 Å². The number of nitrogens with zero attached hydrogens (tertiary/aromatic N) is 1. The molecule has 0 radical (unpaired) electrons. The normalized spacial score (nSPS) is 14.8. The largest absolute Gasteiger partial charge is 0.508 e. The molecule has 1 fully saturated rings. The zero-order valence-electron chi connectivity index (χ0n) is 19.2. The second-order valence-electron chi connectivity index (χ2n) is 8.08. The number of phenols is 1. The molecule has 0 aliphatic carbocycles. The molecule has 5 heteroatoms. The van der Waals surface area contributed by atoms with Crippen LogP contribution in [0, 0.1) is 0 Å². The van der Waals surface area contributed by atoms with Crippen LogP contribution in [0.2, 0.25) is 0 Å². The van der Waals surface area contributed by atoms with E-state index in [1.807, 2.05) is 18.2 Å². The van der Waals surface area contributed by atoms with Crippen molar-refractivity contribution in [3.63, 3.8) is 0 Å². The molecule has 0 unspecified atom stereocenters. The van der Waals surface area contributed by atoms with Crippen molar-refractivity contribution in [2.45, 2.75) is 13.3 Å². The van der Waals surface area contributed by atoms with E-state index in [9.17, 15) is 5.11 Å². The zero-order valence-corrected chi connectivity index (χ0v) is 20.0. The summed E-state index contributed by atoms with van der Waals surface area (Å²) in [6, 6.07) is 26.4. The summed E-state index contributed by atoms with van der Waals surface area (Å²) < 4.78 is 6.03. The number of hydrogen-bond donors (Lipinski definition) is 2. The minimum absolute atomic E-state index is 0. The van der Waals surface area contributed by atoms with E-state index in [1.54, 1.807) is 12.1 Å². The summed E-state index contributed by atoms with van der Waals surface area (Å²) in [5, 5.41) is 13.2. The summed E-state index contributed by atoms with van der Waals surface area (Å²) in [7, 11) is 0. The number of allylic oxidation sites excluding steroid dienone is 1. The minimum atomic E-state index is 0. The molecule has 3 aromatic carbocycles. The lowest BCUT2D eigenvalue weighted by Gasteiger charge is -2.26. The molecule has 0 spiro atoms. The van der Waals surface area contributed by atoms with Gasteiger partial charge in [0.2, 0.25) is 0 Å². The molecular weight excluding hydrogens is 432 g/mol. The van der Waals surface area contributed by atoms with Crippen molar-refractivity contribution in [1.29, 1.82) is 0 Å². The Morgan fingerprint density at radius 1 is 0.848 bits per heavy atom. The SMILES string of the molecule is CCC(=C(c1ccc(O)cc1)c1ccc(OCCN2CCNCC2)cc1)c1ccccc1.Cl. The molecule has 33 heavy (non-hydrogen) atoms. The molecule has 1 heterocycles. The second-order valence-corrected chi connectivity index (χ2v) is 8.08. The van der Waals surface area contributed by atoms with Gasteiger partial charge in [-0.2, -0.15) is 0 Å². The van der Waals surface area contributed by atoms with Crippen LogP contribution in [0.4, 0.5) is 0 Å². The lowest BCUT2D eigenvalue weighted by Crippen LogP contribution is -2.44. The quantitative estimate of drug-likeness (QED) is 0.434. The first-order chi connectivity index (χ1) is 15.7. The third-order valence-electron chi connectivity index (χ3n) is 5.96. The number of nitrogens with one attached hydrogen (secondary N) is 1. The van der Waals surface area contributed by atoms with Gasteiger partial charge in [-0.25, -0.2) is 0 Å². The highest BCUT2D eigenvalue weighted by Gasteiger charge is 2.14. The maximum atomic E-state index is 9.80. The van der Waals surface area contributed by atoms with Gasteiger partial charge in [0.15, 0.2) is 0 Å². The van der Waals surface area contributed by atoms with Gasteiger partial charge < -0.3 is 15.2 Å². The predicted molar refractivity (Wildman–Crippen MR) is 139 cm³/mol. The Kier molecular flexibility index (Phi) is 9.37. The van der Waals surface area contributed by atoms with Gasteiger partial charge in [-0.15, -0.1) is 12.4 Å². The van der Waals surface area contributed by atoms with Gasteiger partial charge >= 0.3 is 0 Å². The van der Waals surface area contributed by atoms with Gasteiger partial charge in [0.1, 0.15) is 18.1 Å². The van der Waals surface area contributed by atoms with E-state index in [-0.39, 0.29) is 18.2 Å². The number of phenolic OH excluding ortho intramolecular Hbond substituents is 1. The van der Waals surface area contributed by atoms with Crippen LogP contribution in [0.5, 0.6) is 11.5 Å². The van der Waals surface area contributed by atoms with Crippen LogP contribution in [0.3, 0.4) is 0 Å². The fraction of sp³-hybridized carbons (Fsp3) is 0.286. The summed E-state index contributed by atoms with van der Waals surface area (Å²) in [5.74, 6) is 1.17. The highest BCUT2D eigenvalue weighted by Crippen LogP contribution is 2.35. The first-order valence-corrected chi connectivity index (χ1v) is 11.5. The van der Waals surface area contributed by atoms with E-state index in [0.717, 1.165) is 56.0 Å². The van der Waals surface area contributed by atoms with E-state index in [2.05, 4.69) is 65.7 Å². The average molecular weight is 465 g/mol. The van der Waals surface area contributed by atoms with Crippen molar-refractivity contribution in [3.8, 4) is 11.5 Å². The Hall–Kier alpha value is -2.79. The maximum absolute atomic E-state index is 9.80. The third kappa shape index (κ3) is 6.61. The number of aromatic hydroxyl groups is 1. The van der Waals surface area contributed by atoms with Crippen molar-refractivity contribution < 1.29 is 9.84 Å². The van der Waals surface area contributed by atoms with E-state index in [0.29, 0.717) is 6.61 Å². The van der Waals surface area contributed by atoms with E-state index < -0.39 is 0 Å². The number of hydrogen-bond acceptors (Lipinski definition) is 4. The molecule has 3 aromatic rings. The molecule has 174 valence electrons. The van der Waals surface area contributed by atoms with Crippen LogP contribution >= 0.6 is 12.4 Å². The minimum Gasteiger partial charge on any atom is -0.508 e. The monoisotopic (exact) mass is 464 g/mol. The average Bonchev–Trinajstić information content (AvgIpc) is 2.85. The van der Waals surface area contributed by atoms with Gasteiger partial charge in [-0.3, -0.25) is 4.90 Å².